The van der Waals surface area contributed by atoms with Crippen LogP contribution in [-0.4, -0.2) is 23.4 Å². The zero-order valence-corrected chi connectivity index (χ0v) is 7.71. The summed E-state index contributed by atoms with van der Waals surface area (Å²) in [5.41, 5.74) is 0. The number of hydrogen-bond acceptors (Lipinski definition) is 2. The second-order valence-corrected chi connectivity index (χ2v) is 2.91. The lowest BCUT2D eigenvalue weighted by Crippen LogP contribution is -1.82. The third-order valence-corrected chi connectivity index (χ3v) is 1.72. The fourth-order valence-corrected chi connectivity index (χ4v) is 0.996. The van der Waals surface area contributed by atoms with Crippen LogP contribution in [0.4, 0.5) is 0 Å². The van der Waals surface area contributed by atoms with E-state index < -0.39 is 0 Å². The van der Waals surface area contributed by atoms with Gasteiger partial charge in [0.2, 0.25) is 0 Å². The molecule has 12 heavy (non-hydrogen) atoms. The van der Waals surface area contributed by atoms with Crippen LogP contribution in [0.2, 0.25) is 0 Å². The minimum Gasteiger partial charge on any atom is -0.396 e. The first-order chi connectivity index (χ1) is 5.91. The molecule has 0 saturated carbocycles. The summed E-state index contributed by atoms with van der Waals surface area (Å²) < 4.78 is 0. The highest BCUT2D eigenvalue weighted by molar-refractivity contribution is 4.81. The third-order valence-electron chi connectivity index (χ3n) is 1.72. The average Bonchev–Trinajstić information content (AvgIpc) is 2.10. The topological polar surface area (TPSA) is 40.5 Å². The maximum atomic E-state index is 8.49. The van der Waals surface area contributed by atoms with Gasteiger partial charge in [-0.3, -0.25) is 0 Å². The average molecular weight is 172 g/mol. The summed E-state index contributed by atoms with van der Waals surface area (Å²) in [7, 11) is 0. The monoisotopic (exact) mass is 172 g/mol. The van der Waals surface area contributed by atoms with Crippen molar-refractivity contribution in [2.75, 3.05) is 13.2 Å². The van der Waals surface area contributed by atoms with Gasteiger partial charge in [-0.25, -0.2) is 0 Å². The molecule has 0 aliphatic rings. The number of hydrogen-bond donors (Lipinski definition) is 2. The molecular weight excluding hydrogens is 152 g/mol. The smallest absolute Gasteiger partial charge is 0.0433 e. The zero-order chi connectivity index (χ0) is 9.07. The van der Waals surface area contributed by atoms with Gasteiger partial charge in [0, 0.05) is 13.2 Å². The fourth-order valence-electron chi connectivity index (χ4n) is 0.996. The Hall–Kier alpha value is -0.340. The van der Waals surface area contributed by atoms with Crippen LogP contribution in [0.1, 0.15) is 38.5 Å². The third kappa shape index (κ3) is 9.66. The second kappa shape index (κ2) is 10.7. The van der Waals surface area contributed by atoms with Crippen molar-refractivity contribution in [3.8, 4) is 0 Å². The summed E-state index contributed by atoms with van der Waals surface area (Å²) in [6, 6.07) is 0. The van der Waals surface area contributed by atoms with Crippen molar-refractivity contribution < 1.29 is 10.2 Å². The van der Waals surface area contributed by atoms with Crippen molar-refractivity contribution in [3.63, 3.8) is 0 Å². The molecule has 0 spiro atoms. The van der Waals surface area contributed by atoms with E-state index in [-0.39, 0.29) is 6.61 Å². The summed E-state index contributed by atoms with van der Waals surface area (Å²) >= 11 is 0. The van der Waals surface area contributed by atoms with E-state index in [1.54, 1.807) is 0 Å². The standard InChI is InChI=1S/C10H20O2/c11-9-7-5-3-1-2-4-6-8-10-12/h1,3,11-12H,2,4-10H2/b3-1+. The minimum atomic E-state index is 0.287. The van der Waals surface area contributed by atoms with E-state index in [0.717, 1.165) is 38.5 Å². The highest BCUT2D eigenvalue weighted by Crippen LogP contribution is 2.00. The zero-order valence-electron chi connectivity index (χ0n) is 7.71. The predicted molar refractivity (Wildman–Crippen MR) is 51.0 cm³/mol. The van der Waals surface area contributed by atoms with Crippen LogP contribution in [0.3, 0.4) is 0 Å². The van der Waals surface area contributed by atoms with Gasteiger partial charge in [0.05, 0.1) is 0 Å². The van der Waals surface area contributed by atoms with Crippen LogP contribution < -0.4 is 0 Å². The Labute approximate surface area is 74.9 Å². The van der Waals surface area contributed by atoms with Crippen molar-refractivity contribution >= 4 is 0 Å². The molecule has 0 unspecified atom stereocenters. The molecule has 0 rings (SSSR count). The van der Waals surface area contributed by atoms with Crippen molar-refractivity contribution in [1.82, 2.24) is 0 Å². The van der Waals surface area contributed by atoms with E-state index in [4.69, 9.17) is 10.2 Å². The van der Waals surface area contributed by atoms with Gasteiger partial charge in [-0.05, 0) is 32.1 Å². The Morgan fingerprint density at radius 2 is 1.25 bits per heavy atom. The van der Waals surface area contributed by atoms with Gasteiger partial charge in [-0.15, -0.1) is 0 Å². The molecule has 0 aromatic rings. The summed E-state index contributed by atoms with van der Waals surface area (Å²) in [6.45, 7) is 0.600. The Balaban J connectivity index is 2.92. The number of allylic oxidation sites excluding steroid dienone is 2. The summed E-state index contributed by atoms with van der Waals surface area (Å²) in [5.74, 6) is 0. The van der Waals surface area contributed by atoms with E-state index in [1.165, 1.54) is 0 Å². The Morgan fingerprint density at radius 1 is 0.667 bits per heavy atom. The van der Waals surface area contributed by atoms with Gasteiger partial charge < -0.3 is 10.2 Å². The van der Waals surface area contributed by atoms with Crippen molar-refractivity contribution in [2.45, 2.75) is 38.5 Å². The molecule has 0 amide bonds. The van der Waals surface area contributed by atoms with Gasteiger partial charge in [-0.1, -0.05) is 18.6 Å². The molecule has 2 N–H and O–H groups in total. The molecular formula is C10H20O2. The van der Waals surface area contributed by atoms with Gasteiger partial charge in [0.1, 0.15) is 0 Å². The lowest BCUT2D eigenvalue weighted by atomic mass is 10.2. The molecule has 2 heteroatoms. The Kier molecular flexibility index (Phi) is 10.4. The fraction of sp³-hybridized carbons (Fsp3) is 0.800. The van der Waals surface area contributed by atoms with Crippen molar-refractivity contribution in [3.05, 3.63) is 12.2 Å². The first-order valence-electron chi connectivity index (χ1n) is 4.78. The number of unbranched alkanes of at least 4 members (excludes halogenated alkanes) is 4. The molecule has 0 saturated heterocycles. The Morgan fingerprint density at radius 3 is 1.83 bits per heavy atom. The summed E-state index contributed by atoms with van der Waals surface area (Å²) in [4.78, 5) is 0. The second-order valence-electron chi connectivity index (χ2n) is 2.91. The van der Waals surface area contributed by atoms with Crippen LogP contribution in [0.25, 0.3) is 0 Å². The summed E-state index contributed by atoms with van der Waals surface area (Å²) in [6.07, 6.45) is 10.4. The molecule has 0 bridgehead atoms. The molecule has 0 heterocycles. The largest absolute Gasteiger partial charge is 0.396 e. The van der Waals surface area contributed by atoms with Crippen LogP contribution >= 0.6 is 0 Å². The highest BCUT2D eigenvalue weighted by atomic mass is 16.3. The normalized spacial score (nSPS) is 11.2. The van der Waals surface area contributed by atoms with Crippen LogP contribution in [0.5, 0.6) is 0 Å². The number of aliphatic hydroxyl groups is 2. The molecule has 0 atom stereocenters. The van der Waals surface area contributed by atoms with E-state index in [0.29, 0.717) is 6.61 Å². The molecule has 0 fully saturated rings. The van der Waals surface area contributed by atoms with Crippen LogP contribution in [0, 0.1) is 0 Å². The molecule has 0 aliphatic heterocycles. The molecule has 0 aliphatic carbocycles. The van der Waals surface area contributed by atoms with Gasteiger partial charge in [-0.2, -0.15) is 0 Å². The van der Waals surface area contributed by atoms with Gasteiger partial charge in [0.15, 0.2) is 0 Å². The van der Waals surface area contributed by atoms with E-state index in [9.17, 15) is 0 Å². The van der Waals surface area contributed by atoms with E-state index in [2.05, 4.69) is 12.2 Å². The van der Waals surface area contributed by atoms with E-state index in [1.807, 2.05) is 0 Å². The SMILES string of the molecule is OCCC/C=C/CCCCCO. The first kappa shape index (κ1) is 11.7. The molecule has 0 aromatic heterocycles. The lowest BCUT2D eigenvalue weighted by molar-refractivity contribution is 0.283. The maximum absolute atomic E-state index is 8.49. The minimum absolute atomic E-state index is 0.287. The maximum Gasteiger partial charge on any atom is 0.0433 e. The molecule has 0 radical (unpaired) electrons. The summed E-state index contributed by atoms with van der Waals surface area (Å²) in [5, 5.41) is 17.0. The molecule has 72 valence electrons. The lowest BCUT2D eigenvalue weighted by Gasteiger charge is -1.93. The number of aliphatic hydroxyl groups excluding tert-OH is 2. The van der Waals surface area contributed by atoms with Crippen LogP contribution in [0.15, 0.2) is 12.2 Å². The first-order valence-corrected chi connectivity index (χ1v) is 4.78. The van der Waals surface area contributed by atoms with Crippen LogP contribution in [-0.2, 0) is 0 Å². The highest BCUT2D eigenvalue weighted by Gasteiger charge is 1.84. The molecule has 0 aromatic carbocycles. The predicted octanol–water partition coefficient (Wildman–Crippen LogP) is 1.87. The van der Waals surface area contributed by atoms with E-state index >= 15 is 0 Å². The van der Waals surface area contributed by atoms with Crippen molar-refractivity contribution in [2.24, 2.45) is 0 Å². The number of rotatable bonds is 8. The Bertz CT molecular complexity index is 100. The van der Waals surface area contributed by atoms with Gasteiger partial charge in [0.25, 0.3) is 0 Å². The van der Waals surface area contributed by atoms with Gasteiger partial charge >= 0.3 is 0 Å². The quantitative estimate of drug-likeness (QED) is 0.433. The van der Waals surface area contributed by atoms with Crippen molar-refractivity contribution in [1.29, 1.82) is 0 Å². The molecule has 2 nitrogen and oxygen atoms in total.